The Hall–Kier alpha value is -0.965. The van der Waals surface area contributed by atoms with Crippen molar-refractivity contribution in [2.24, 2.45) is 7.05 Å². The Kier molecular flexibility index (Phi) is 6.00. The van der Waals surface area contributed by atoms with E-state index in [2.05, 4.69) is 79.7 Å². The molecule has 5 heteroatoms. The summed E-state index contributed by atoms with van der Waals surface area (Å²) >= 11 is 0. The molecule has 4 nitrogen and oxygen atoms in total. The number of aromatic nitrogens is 2. The second-order valence-electron chi connectivity index (χ2n) is 9.22. The van der Waals surface area contributed by atoms with Crippen LogP contribution in [-0.2, 0) is 12.6 Å². The number of unbranched alkanes of at least 4 members (excludes halogenated alkanes) is 2. The van der Waals surface area contributed by atoms with Crippen molar-refractivity contribution in [3.05, 3.63) is 12.4 Å². The predicted octanol–water partition coefficient (Wildman–Crippen LogP) is 4.59. The van der Waals surface area contributed by atoms with Crippen LogP contribution < -0.4 is 9.38 Å². The molecule has 152 valence electrons. The summed E-state index contributed by atoms with van der Waals surface area (Å²) in [6.45, 7) is 17.4. The molecule has 3 rings (SSSR count). The van der Waals surface area contributed by atoms with Gasteiger partial charge >= 0.3 is 12.9 Å². The molecular formula is C22H42BN4+. The largest absolute Gasteiger partial charge is 0.437 e. The molecule has 0 amide bonds. The Labute approximate surface area is 168 Å². The van der Waals surface area contributed by atoms with E-state index in [1.54, 1.807) is 0 Å². The Balaban J connectivity index is 2.07. The van der Waals surface area contributed by atoms with Gasteiger partial charge in [0.1, 0.15) is 0 Å². The maximum Gasteiger partial charge on any atom is 0.437 e. The molecule has 0 aliphatic carbocycles. The maximum absolute atomic E-state index is 2.87. The van der Waals surface area contributed by atoms with Gasteiger partial charge in [0.25, 0.3) is 0 Å². The monoisotopic (exact) mass is 373 g/mol. The molecule has 0 radical (unpaired) electrons. The third-order valence-electron chi connectivity index (χ3n) is 8.28. The SMILES string of the molecule is CCCCCC(C)N1CCN2B1C(CC)(CC)C(C)(CC)n1cc[n+](C)c12. The van der Waals surface area contributed by atoms with E-state index in [9.17, 15) is 0 Å². The molecule has 2 aliphatic heterocycles. The zero-order chi connectivity index (χ0) is 19.8. The van der Waals surface area contributed by atoms with Crippen molar-refractivity contribution >= 4 is 12.9 Å². The molecule has 0 aromatic carbocycles. The average molecular weight is 373 g/mol. The molecule has 0 saturated carbocycles. The van der Waals surface area contributed by atoms with Crippen LogP contribution in [-0.4, -0.2) is 35.5 Å². The Bertz CT molecular complexity index is 638. The molecule has 0 bridgehead atoms. The summed E-state index contributed by atoms with van der Waals surface area (Å²) in [4.78, 5) is 5.60. The van der Waals surface area contributed by atoms with Gasteiger partial charge in [0.15, 0.2) is 0 Å². The van der Waals surface area contributed by atoms with Gasteiger partial charge < -0.3 is 9.62 Å². The Morgan fingerprint density at radius 1 is 1.11 bits per heavy atom. The number of fused-ring (bicyclic) bond motifs is 3. The van der Waals surface area contributed by atoms with Gasteiger partial charge in [-0.2, -0.15) is 0 Å². The predicted molar refractivity (Wildman–Crippen MR) is 116 cm³/mol. The lowest BCUT2D eigenvalue weighted by atomic mass is 9.38. The summed E-state index contributed by atoms with van der Waals surface area (Å²) in [5, 5.41) is 0.274. The summed E-state index contributed by atoms with van der Waals surface area (Å²) < 4.78 is 4.96. The number of aryl methyl sites for hydroxylation is 1. The fourth-order valence-electron chi connectivity index (χ4n) is 6.40. The molecule has 27 heavy (non-hydrogen) atoms. The molecule has 1 saturated heterocycles. The van der Waals surface area contributed by atoms with E-state index < -0.39 is 0 Å². The highest BCUT2D eigenvalue weighted by molar-refractivity contribution is 6.65. The molecule has 1 aromatic rings. The quantitative estimate of drug-likeness (QED) is 0.376. The van der Waals surface area contributed by atoms with E-state index in [0.717, 1.165) is 6.54 Å². The standard InChI is InChI=1S/C22H42BN4/c1-8-12-13-14-19(5)26-17-18-27-20-24(7)15-16-25(20)21(6,9-2)22(10-3,11-4)23(26)27/h15-16,19H,8-14,17-18H2,1-7H3/q+1. The zero-order valence-corrected chi connectivity index (χ0v) is 19.0. The molecule has 1 fully saturated rings. The molecule has 2 atom stereocenters. The van der Waals surface area contributed by atoms with Crippen molar-refractivity contribution in [3.63, 3.8) is 0 Å². The van der Waals surface area contributed by atoms with E-state index in [1.807, 2.05) is 0 Å². The van der Waals surface area contributed by atoms with Crippen molar-refractivity contribution in [2.75, 3.05) is 17.9 Å². The number of rotatable bonds is 8. The van der Waals surface area contributed by atoms with Crippen molar-refractivity contribution < 1.29 is 4.57 Å². The van der Waals surface area contributed by atoms with Gasteiger partial charge in [-0.1, -0.05) is 53.9 Å². The van der Waals surface area contributed by atoms with Gasteiger partial charge in [0, 0.05) is 11.9 Å². The van der Waals surface area contributed by atoms with Crippen LogP contribution in [0, 0.1) is 0 Å². The summed E-state index contributed by atoms with van der Waals surface area (Å²) in [7, 11) is 2.22. The van der Waals surface area contributed by atoms with E-state index in [-0.39, 0.29) is 10.9 Å². The van der Waals surface area contributed by atoms with Crippen LogP contribution in [0.4, 0.5) is 5.95 Å². The van der Waals surface area contributed by atoms with Crippen LogP contribution in [0.1, 0.15) is 86.5 Å². The third kappa shape index (κ3) is 2.87. The number of anilines is 1. The van der Waals surface area contributed by atoms with Crippen molar-refractivity contribution in [3.8, 4) is 0 Å². The number of nitrogens with zero attached hydrogens (tertiary/aromatic N) is 4. The van der Waals surface area contributed by atoms with Crippen LogP contribution in [0.25, 0.3) is 0 Å². The first-order valence-electron chi connectivity index (χ1n) is 11.5. The van der Waals surface area contributed by atoms with Gasteiger partial charge in [0.2, 0.25) is 0 Å². The second kappa shape index (κ2) is 7.81. The van der Waals surface area contributed by atoms with Crippen molar-refractivity contribution in [2.45, 2.75) is 103 Å². The lowest BCUT2D eigenvalue weighted by molar-refractivity contribution is -0.658. The molecule has 1 aromatic heterocycles. The summed E-state index contributed by atoms with van der Waals surface area (Å²) in [5.41, 5.74) is 0.153. The minimum Gasteiger partial charge on any atom is -0.303 e. The van der Waals surface area contributed by atoms with Gasteiger partial charge in [0.05, 0.1) is 31.5 Å². The minimum absolute atomic E-state index is 0.153. The van der Waals surface area contributed by atoms with Crippen molar-refractivity contribution in [1.82, 2.24) is 9.38 Å². The number of hydrogen-bond acceptors (Lipinski definition) is 2. The first-order chi connectivity index (χ1) is 12.9. The van der Waals surface area contributed by atoms with Crippen LogP contribution in [0.5, 0.6) is 0 Å². The maximum atomic E-state index is 2.87. The lowest BCUT2D eigenvalue weighted by Gasteiger charge is -2.54. The zero-order valence-electron chi connectivity index (χ0n) is 19.0. The highest BCUT2D eigenvalue weighted by Crippen LogP contribution is 2.60. The first kappa shape index (κ1) is 20.8. The molecule has 0 spiro atoms. The summed E-state index contributed by atoms with van der Waals surface area (Å²) in [6.07, 6.45) is 13.6. The Morgan fingerprint density at radius 3 is 2.41 bits per heavy atom. The molecule has 0 N–H and O–H groups in total. The van der Waals surface area contributed by atoms with Crippen LogP contribution in [0.3, 0.4) is 0 Å². The average Bonchev–Trinajstić information content (AvgIpc) is 3.27. The molecule has 2 aliphatic rings. The second-order valence-corrected chi connectivity index (χ2v) is 9.22. The molecular weight excluding hydrogens is 331 g/mol. The van der Waals surface area contributed by atoms with Crippen LogP contribution in [0.15, 0.2) is 12.4 Å². The highest BCUT2D eigenvalue weighted by atomic mass is 15.4. The normalized spacial score (nSPS) is 25.6. The molecule has 3 heterocycles. The fourth-order valence-corrected chi connectivity index (χ4v) is 6.40. The third-order valence-corrected chi connectivity index (χ3v) is 8.28. The number of hydrogen-bond donors (Lipinski definition) is 0. The first-order valence-corrected chi connectivity index (χ1v) is 11.5. The van der Waals surface area contributed by atoms with Gasteiger partial charge in [-0.25, -0.2) is 9.13 Å². The van der Waals surface area contributed by atoms with Crippen LogP contribution >= 0.6 is 0 Å². The highest BCUT2D eigenvalue weighted by Gasteiger charge is 2.69. The number of imidazole rings is 1. The Morgan fingerprint density at radius 2 is 1.81 bits per heavy atom. The van der Waals surface area contributed by atoms with Crippen molar-refractivity contribution in [1.29, 1.82) is 0 Å². The minimum atomic E-state index is 0.153. The van der Waals surface area contributed by atoms with E-state index in [0.29, 0.717) is 13.0 Å². The van der Waals surface area contributed by atoms with Gasteiger partial charge in [-0.05, 0) is 38.6 Å². The van der Waals surface area contributed by atoms with E-state index >= 15 is 0 Å². The fraction of sp³-hybridized carbons (Fsp3) is 0.864. The smallest absolute Gasteiger partial charge is 0.303 e. The van der Waals surface area contributed by atoms with E-state index in [4.69, 9.17) is 0 Å². The molecule has 2 unspecified atom stereocenters. The van der Waals surface area contributed by atoms with Gasteiger partial charge in [-0.15, -0.1) is 0 Å². The van der Waals surface area contributed by atoms with Crippen LogP contribution in [0.2, 0.25) is 5.31 Å². The lowest BCUT2D eigenvalue weighted by Crippen LogP contribution is -2.67. The summed E-state index contributed by atoms with van der Waals surface area (Å²) in [5.74, 6) is 1.41. The van der Waals surface area contributed by atoms with Gasteiger partial charge in [-0.3, -0.25) is 0 Å². The van der Waals surface area contributed by atoms with E-state index in [1.165, 1.54) is 57.4 Å². The summed E-state index contributed by atoms with van der Waals surface area (Å²) in [6, 6.07) is 0.664. The topological polar surface area (TPSA) is 15.3 Å².